The standard InChI is InChI=1S/C29H42ClN3O4/c1-29(2,3)37-28(36)32-17-15-31(16-18-32)26(34)12-10-21-9-11-22(25(30)19-21)20-23-13-14-33(27(23)35)24-7-5-4-6-8-24/h9,11,19,23-24H,4-8,10,12-18,20H2,1-3H3. The Bertz CT molecular complexity index is 978. The van der Waals surface area contributed by atoms with E-state index in [0.717, 1.165) is 36.9 Å². The van der Waals surface area contributed by atoms with Gasteiger partial charge in [-0.3, -0.25) is 9.59 Å². The molecule has 0 spiro atoms. The van der Waals surface area contributed by atoms with Gasteiger partial charge in [-0.1, -0.05) is 43.0 Å². The summed E-state index contributed by atoms with van der Waals surface area (Å²) in [5, 5.41) is 0.680. The molecule has 0 bridgehead atoms. The molecule has 7 nitrogen and oxygen atoms in total. The highest BCUT2D eigenvalue weighted by molar-refractivity contribution is 6.31. The third kappa shape index (κ3) is 7.40. The average Bonchev–Trinajstić information content (AvgIpc) is 3.23. The molecule has 2 heterocycles. The van der Waals surface area contributed by atoms with Crippen molar-refractivity contribution in [3.8, 4) is 0 Å². The molecule has 4 rings (SSSR count). The molecule has 0 radical (unpaired) electrons. The Hall–Kier alpha value is -2.28. The first-order chi connectivity index (χ1) is 17.6. The predicted molar refractivity (Wildman–Crippen MR) is 145 cm³/mol. The summed E-state index contributed by atoms with van der Waals surface area (Å²) in [5.74, 6) is 0.402. The zero-order valence-electron chi connectivity index (χ0n) is 22.6. The van der Waals surface area contributed by atoms with Gasteiger partial charge in [0.05, 0.1) is 0 Å². The van der Waals surface area contributed by atoms with Crippen LogP contribution in [-0.2, 0) is 27.2 Å². The van der Waals surface area contributed by atoms with Crippen molar-refractivity contribution in [2.24, 2.45) is 5.92 Å². The number of carbonyl (C=O) groups is 3. The maximum absolute atomic E-state index is 13.0. The molecule has 204 valence electrons. The van der Waals surface area contributed by atoms with E-state index >= 15 is 0 Å². The van der Waals surface area contributed by atoms with E-state index in [-0.39, 0.29) is 17.9 Å². The van der Waals surface area contributed by atoms with Gasteiger partial charge < -0.3 is 19.4 Å². The maximum Gasteiger partial charge on any atom is 0.410 e. The second kappa shape index (κ2) is 12.1. The van der Waals surface area contributed by atoms with E-state index in [0.29, 0.717) is 62.4 Å². The van der Waals surface area contributed by atoms with Crippen LogP contribution in [0.3, 0.4) is 0 Å². The first-order valence-electron chi connectivity index (χ1n) is 13.9. The number of rotatable bonds is 6. The lowest BCUT2D eigenvalue weighted by atomic mass is 9.94. The smallest absolute Gasteiger partial charge is 0.410 e. The van der Waals surface area contributed by atoms with Crippen LogP contribution in [0.25, 0.3) is 0 Å². The van der Waals surface area contributed by atoms with Crippen molar-refractivity contribution in [2.75, 3.05) is 32.7 Å². The number of ether oxygens (including phenoxy) is 1. The van der Waals surface area contributed by atoms with Crippen molar-refractivity contribution < 1.29 is 19.1 Å². The van der Waals surface area contributed by atoms with Crippen molar-refractivity contribution in [3.63, 3.8) is 0 Å². The molecular weight excluding hydrogens is 490 g/mol. The maximum atomic E-state index is 13.0. The van der Waals surface area contributed by atoms with Crippen molar-refractivity contribution in [1.82, 2.24) is 14.7 Å². The second-order valence-electron chi connectivity index (χ2n) is 11.8. The van der Waals surface area contributed by atoms with Gasteiger partial charge in [0.15, 0.2) is 0 Å². The second-order valence-corrected chi connectivity index (χ2v) is 12.2. The largest absolute Gasteiger partial charge is 0.444 e. The van der Waals surface area contributed by atoms with Crippen LogP contribution in [-0.4, -0.2) is 77.0 Å². The van der Waals surface area contributed by atoms with Crippen LogP contribution < -0.4 is 0 Å². The van der Waals surface area contributed by atoms with Crippen LogP contribution in [0.4, 0.5) is 4.79 Å². The zero-order valence-corrected chi connectivity index (χ0v) is 23.4. The molecule has 1 unspecified atom stereocenters. The van der Waals surface area contributed by atoms with Crippen LogP contribution >= 0.6 is 11.6 Å². The molecule has 3 aliphatic rings. The monoisotopic (exact) mass is 531 g/mol. The lowest BCUT2D eigenvalue weighted by Crippen LogP contribution is -2.51. The molecular formula is C29H42ClN3O4. The summed E-state index contributed by atoms with van der Waals surface area (Å²) in [4.78, 5) is 43.7. The predicted octanol–water partition coefficient (Wildman–Crippen LogP) is 5.08. The molecule has 2 aliphatic heterocycles. The van der Waals surface area contributed by atoms with Crippen molar-refractivity contribution in [2.45, 2.75) is 90.2 Å². The molecule has 2 saturated heterocycles. The summed E-state index contributed by atoms with van der Waals surface area (Å²) in [7, 11) is 0. The summed E-state index contributed by atoms with van der Waals surface area (Å²) in [6.07, 6.45) is 8.33. The number of hydrogen-bond acceptors (Lipinski definition) is 4. The fourth-order valence-electron chi connectivity index (χ4n) is 5.76. The number of aryl methyl sites for hydroxylation is 1. The van der Waals surface area contributed by atoms with Crippen LogP contribution in [0.5, 0.6) is 0 Å². The highest BCUT2D eigenvalue weighted by atomic mass is 35.5. The molecule has 1 aromatic rings. The van der Waals surface area contributed by atoms with E-state index in [1.54, 1.807) is 4.90 Å². The van der Waals surface area contributed by atoms with E-state index in [4.69, 9.17) is 16.3 Å². The van der Waals surface area contributed by atoms with E-state index in [1.807, 2.05) is 43.9 Å². The lowest BCUT2D eigenvalue weighted by Gasteiger charge is -2.35. The Labute approximate surface area is 226 Å². The minimum Gasteiger partial charge on any atom is -0.444 e. The molecule has 3 fully saturated rings. The van der Waals surface area contributed by atoms with Crippen LogP contribution in [0.1, 0.15) is 76.8 Å². The highest BCUT2D eigenvalue weighted by Crippen LogP contribution is 2.32. The van der Waals surface area contributed by atoms with E-state index in [1.165, 1.54) is 19.3 Å². The molecule has 1 aliphatic carbocycles. The Morgan fingerprint density at radius 3 is 2.30 bits per heavy atom. The van der Waals surface area contributed by atoms with E-state index in [2.05, 4.69) is 4.90 Å². The normalized spacial score (nSPS) is 21.5. The number of piperazine rings is 1. The lowest BCUT2D eigenvalue weighted by molar-refractivity contribution is -0.134. The van der Waals surface area contributed by atoms with Gasteiger partial charge in [-0.25, -0.2) is 4.79 Å². The molecule has 1 atom stereocenters. The summed E-state index contributed by atoms with van der Waals surface area (Å²) in [6.45, 7) is 8.43. The van der Waals surface area contributed by atoms with Gasteiger partial charge in [0.2, 0.25) is 11.8 Å². The first kappa shape index (κ1) is 27.7. The Kier molecular flexibility index (Phi) is 9.04. The van der Waals surface area contributed by atoms with Gasteiger partial charge in [-0.2, -0.15) is 0 Å². The minimum absolute atomic E-state index is 0.0196. The van der Waals surface area contributed by atoms with Gasteiger partial charge in [0, 0.05) is 56.1 Å². The topological polar surface area (TPSA) is 70.2 Å². The number of halogens is 1. The molecule has 0 N–H and O–H groups in total. The van der Waals surface area contributed by atoms with Gasteiger partial charge >= 0.3 is 6.09 Å². The minimum atomic E-state index is -0.525. The van der Waals surface area contributed by atoms with Crippen LogP contribution in [0.15, 0.2) is 18.2 Å². The van der Waals surface area contributed by atoms with Crippen molar-refractivity contribution >= 4 is 29.5 Å². The number of likely N-dealkylation sites (tertiary alicyclic amines) is 1. The SMILES string of the molecule is CC(C)(C)OC(=O)N1CCN(C(=O)CCc2ccc(CC3CCN(C4CCCCC4)C3=O)c(Cl)c2)CC1. The fraction of sp³-hybridized carbons (Fsp3) is 0.690. The first-order valence-corrected chi connectivity index (χ1v) is 14.3. The van der Waals surface area contributed by atoms with E-state index in [9.17, 15) is 14.4 Å². The number of hydrogen-bond donors (Lipinski definition) is 0. The molecule has 8 heteroatoms. The Morgan fingerprint density at radius 1 is 0.973 bits per heavy atom. The van der Waals surface area contributed by atoms with Gasteiger partial charge in [-0.05, 0) is 70.1 Å². The van der Waals surface area contributed by atoms with Crippen molar-refractivity contribution in [3.05, 3.63) is 34.3 Å². The van der Waals surface area contributed by atoms with Crippen LogP contribution in [0, 0.1) is 5.92 Å². The fourth-order valence-corrected chi connectivity index (χ4v) is 6.04. The van der Waals surface area contributed by atoms with E-state index < -0.39 is 5.60 Å². The third-order valence-electron chi connectivity index (χ3n) is 7.86. The summed E-state index contributed by atoms with van der Waals surface area (Å²) < 4.78 is 5.43. The van der Waals surface area contributed by atoms with Gasteiger partial charge in [0.25, 0.3) is 0 Å². The number of amides is 3. The molecule has 37 heavy (non-hydrogen) atoms. The third-order valence-corrected chi connectivity index (χ3v) is 8.21. The number of carbonyl (C=O) groups excluding carboxylic acids is 3. The molecule has 1 saturated carbocycles. The van der Waals surface area contributed by atoms with Gasteiger partial charge in [-0.15, -0.1) is 0 Å². The quantitative estimate of drug-likeness (QED) is 0.513. The Morgan fingerprint density at radius 2 is 1.65 bits per heavy atom. The highest BCUT2D eigenvalue weighted by Gasteiger charge is 2.36. The van der Waals surface area contributed by atoms with Crippen molar-refractivity contribution in [1.29, 1.82) is 0 Å². The molecule has 1 aromatic carbocycles. The Balaban J connectivity index is 1.23. The zero-order chi connectivity index (χ0) is 26.6. The molecule has 0 aromatic heterocycles. The summed E-state index contributed by atoms with van der Waals surface area (Å²) >= 11 is 6.63. The van der Waals surface area contributed by atoms with Gasteiger partial charge in [0.1, 0.15) is 5.60 Å². The number of benzene rings is 1. The van der Waals surface area contributed by atoms with Crippen LogP contribution in [0.2, 0.25) is 5.02 Å². The summed E-state index contributed by atoms with van der Waals surface area (Å²) in [5.41, 5.74) is 1.51. The number of nitrogens with zero attached hydrogens (tertiary/aromatic N) is 3. The molecule has 3 amide bonds. The summed E-state index contributed by atoms with van der Waals surface area (Å²) in [6, 6.07) is 6.44. The average molecular weight is 532 g/mol.